The predicted octanol–water partition coefficient (Wildman–Crippen LogP) is 0.156. The fourth-order valence-electron chi connectivity index (χ4n) is 2.11. The summed E-state index contributed by atoms with van der Waals surface area (Å²) in [6.45, 7) is 1.95. The van der Waals surface area contributed by atoms with Crippen LogP contribution in [0.3, 0.4) is 0 Å². The van der Waals surface area contributed by atoms with E-state index in [9.17, 15) is 4.79 Å². The molecular formula is C10H17NO4. The highest BCUT2D eigenvalue weighted by Crippen LogP contribution is 2.47. The summed E-state index contributed by atoms with van der Waals surface area (Å²) in [6, 6.07) is 0. The average molecular weight is 215 g/mol. The highest BCUT2D eigenvalue weighted by atomic mass is 16.7. The molecule has 0 spiro atoms. The molecule has 2 rings (SSSR count). The summed E-state index contributed by atoms with van der Waals surface area (Å²) in [5.74, 6) is -1.18. The number of carboxylic acids is 1. The largest absolute Gasteiger partial charge is 0.481 e. The Kier molecular flexibility index (Phi) is 2.48. The SMILES string of the molecule is COC1(OC)CN(CC2(C(=O)O)CC2)C1. The molecule has 0 atom stereocenters. The van der Waals surface area contributed by atoms with Gasteiger partial charge in [-0.3, -0.25) is 9.69 Å². The van der Waals surface area contributed by atoms with Gasteiger partial charge < -0.3 is 14.6 Å². The third kappa shape index (κ3) is 1.75. The first-order chi connectivity index (χ1) is 7.06. The highest BCUT2D eigenvalue weighted by molar-refractivity contribution is 5.78. The second-order valence-electron chi connectivity index (χ2n) is 4.55. The first-order valence-corrected chi connectivity index (χ1v) is 5.12. The minimum atomic E-state index is -0.671. The summed E-state index contributed by atoms with van der Waals surface area (Å²) >= 11 is 0. The number of hydrogen-bond acceptors (Lipinski definition) is 4. The van der Waals surface area contributed by atoms with Crippen LogP contribution in [0.4, 0.5) is 0 Å². The fraction of sp³-hybridized carbons (Fsp3) is 0.900. The number of rotatable bonds is 5. The molecule has 0 aromatic rings. The summed E-state index contributed by atoms with van der Waals surface area (Å²) in [5.41, 5.74) is -0.479. The van der Waals surface area contributed by atoms with Crippen molar-refractivity contribution in [2.24, 2.45) is 5.41 Å². The van der Waals surface area contributed by atoms with Crippen molar-refractivity contribution in [3.05, 3.63) is 0 Å². The zero-order valence-electron chi connectivity index (χ0n) is 9.15. The van der Waals surface area contributed by atoms with E-state index in [0.717, 1.165) is 12.8 Å². The Labute approximate surface area is 89.0 Å². The maximum atomic E-state index is 11.0. The van der Waals surface area contributed by atoms with Gasteiger partial charge in [-0.2, -0.15) is 0 Å². The van der Waals surface area contributed by atoms with Crippen LogP contribution in [-0.2, 0) is 14.3 Å². The van der Waals surface area contributed by atoms with Crippen molar-refractivity contribution in [2.45, 2.75) is 18.6 Å². The lowest BCUT2D eigenvalue weighted by molar-refractivity contribution is -0.277. The molecule has 1 saturated heterocycles. The summed E-state index contributed by atoms with van der Waals surface area (Å²) in [6.07, 6.45) is 1.59. The van der Waals surface area contributed by atoms with E-state index in [1.54, 1.807) is 14.2 Å². The van der Waals surface area contributed by atoms with Crippen LogP contribution in [0.15, 0.2) is 0 Å². The van der Waals surface area contributed by atoms with Gasteiger partial charge in [-0.15, -0.1) is 0 Å². The molecule has 86 valence electrons. The monoisotopic (exact) mass is 215 g/mol. The van der Waals surface area contributed by atoms with Gasteiger partial charge in [-0.1, -0.05) is 0 Å². The molecule has 0 radical (unpaired) electrons. The molecule has 0 unspecified atom stereocenters. The normalized spacial score (nSPS) is 27.1. The van der Waals surface area contributed by atoms with Gasteiger partial charge in [0.05, 0.1) is 18.5 Å². The Hall–Kier alpha value is -0.650. The van der Waals surface area contributed by atoms with Crippen LogP contribution in [0, 0.1) is 5.41 Å². The molecule has 5 nitrogen and oxygen atoms in total. The Balaban J connectivity index is 1.83. The van der Waals surface area contributed by atoms with E-state index in [1.807, 2.05) is 0 Å². The van der Waals surface area contributed by atoms with Crippen molar-refractivity contribution in [1.82, 2.24) is 4.90 Å². The van der Waals surface area contributed by atoms with Gasteiger partial charge in [-0.05, 0) is 12.8 Å². The van der Waals surface area contributed by atoms with Gasteiger partial charge >= 0.3 is 5.97 Å². The van der Waals surface area contributed by atoms with Crippen molar-refractivity contribution in [3.8, 4) is 0 Å². The lowest BCUT2D eigenvalue weighted by Gasteiger charge is -2.48. The van der Waals surface area contributed by atoms with Gasteiger partial charge in [0.2, 0.25) is 0 Å². The second kappa shape index (κ2) is 3.43. The van der Waals surface area contributed by atoms with Crippen molar-refractivity contribution in [1.29, 1.82) is 0 Å². The maximum Gasteiger partial charge on any atom is 0.310 e. The lowest BCUT2D eigenvalue weighted by Crippen LogP contribution is -2.65. The number of carboxylic acid groups (broad SMARTS) is 1. The summed E-state index contributed by atoms with van der Waals surface area (Å²) in [7, 11) is 3.23. The van der Waals surface area contributed by atoms with Crippen LogP contribution in [-0.4, -0.2) is 55.6 Å². The minimum absolute atomic E-state index is 0.479. The van der Waals surface area contributed by atoms with E-state index in [4.69, 9.17) is 14.6 Å². The van der Waals surface area contributed by atoms with Crippen molar-refractivity contribution in [3.63, 3.8) is 0 Å². The topological polar surface area (TPSA) is 59.0 Å². The lowest BCUT2D eigenvalue weighted by atomic mass is 10.0. The van der Waals surface area contributed by atoms with Crippen LogP contribution < -0.4 is 0 Å². The molecule has 1 saturated carbocycles. The molecule has 0 aromatic heterocycles. The molecular weight excluding hydrogens is 198 g/mol. The molecule has 1 N–H and O–H groups in total. The summed E-state index contributed by atoms with van der Waals surface area (Å²) in [5, 5.41) is 9.03. The standard InChI is InChI=1S/C10H17NO4/c1-14-10(15-2)6-11(7-10)5-9(3-4-9)8(12)13/h3-7H2,1-2H3,(H,12,13). The number of aliphatic carboxylic acids is 1. The zero-order chi connectivity index (χ0) is 11.1. The van der Waals surface area contributed by atoms with Crippen LogP contribution in [0.1, 0.15) is 12.8 Å². The molecule has 1 aliphatic carbocycles. The molecule has 0 amide bonds. The van der Waals surface area contributed by atoms with Gasteiger partial charge in [0, 0.05) is 20.8 Å². The first-order valence-electron chi connectivity index (χ1n) is 5.12. The van der Waals surface area contributed by atoms with E-state index in [1.165, 1.54) is 0 Å². The smallest absolute Gasteiger partial charge is 0.310 e. The highest BCUT2D eigenvalue weighted by Gasteiger charge is 2.55. The zero-order valence-corrected chi connectivity index (χ0v) is 9.15. The number of nitrogens with zero attached hydrogens (tertiary/aromatic N) is 1. The van der Waals surface area contributed by atoms with Gasteiger partial charge in [-0.25, -0.2) is 0 Å². The number of methoxy groups -OCH3 is 2. The van der Waals surface area contributed by atoms with Crippen molar-refractivity contribution >= 4 is 5.97 Å². The van der Waals surface area contributed by atoms with Crippen LogP contribution in [0.2, 0.25) is 0 Å². The predicted molar refractivity (Wildman–Crippen MR) is 52.5 cm³/mol. The number of ether oxygens (including phenoxy) is 2. The molecule has 1 heterocycles. The minimum Gasteiger partial charge on any atom is -0.481 e. The molecule has 5 heteroatoms. The Bertz CT molecular complexity index is 263. The molecule has 1 aliphatic heterocycles. The van der Waals surface area contributed by atoms with Crippen LogP contribution in [0.25, 0.3) is 0 Å². The number of likely N-dealkylation sites (tertiary alicyclic amines) is 1. The van der Waals surface area contributed by atoms with Gasteiger partial charge in [0.25, 0.3) is 0 Å². The van der Waals surface area contributed by atoms with Crippen LogP contribution >= 0.6 is 0 Å². The molecule has 0 bridgehead atoms. The molecule has 2 fully saturated rings. The van der Waals surface area contributed by atoms with E-state index in [-0.39, 0.29) is 0 Å². The quantitative estimate of drug-likeness (QED) is 0.662. The second-order valence-corrected chi connectivity index (χ2v) is 4.55. The molecule has 15 heavy (non-hydrogen) atoms. The molecule has 2 aliphatic rings. The van der Waals surface area contributed by atoms with E-state index < -0.39 is 17.2 Å². The van der Waals surface area contributed by atoms with Crippen LogP contribution in [0.5, 0.6) is 0 Å². The third-order valence-corrected chi connectivity index (χ3v) is 3.51. The van der Waals surface area contributed by atoms with Gasteiger partial charge in [0.15, 0.2) is 5.79 Å². The maximum absolute atomic E-state index is 11.0. The Morgan fingerprint density at radius 3 is 2.20 bits per heavy atom. The van der Waals surface area contributed by atoms with Gasteiger partial charge in [0.1, 0.15) is 0 Å². The fourth-order valence-corrected chi connectivity index (χ4v) is 2.11. The number of carbonyl (C=O) groups is 1. The first kappa shape index (κ1) is 10.9. The average Bonchev–Trinajstić information content (AvgIpc) is 2.92. The van der Waals surface area contributed by atoms with Crippen molar-refractivity contribution < 1.29 is 19.4 Å². The van der Waals surface area contributed by atoms with Crippen molar-refractivity contribution in [2.75, 3.05) is 33.9 Å². The van der Waals surface area contributed by atoms with E-state index in [2.05, 4.69) is 4.90 Å². The summed E-state index contributed by atoms with van der Waals surface area (Å²) in [4.78, 5) is 13.0. The Morgan fingerprint density at radius 2 is 1.87 bits per heavy atom. The van der Waals surface area contributed by atoms with E-state index in [0.29, 0.717) is 19.6 Å². The van der Waals surface area contributed by atoms with E-state index >= 15 is 0 Å². The Morgan fingerprint density at radius 1 is 1.33 bits per heavy atom. The third-order valence-electron chi connectivity index (χ3n) is 3.51. The number of hydrogen-bond donors (Lipinski definition) is 1. The summed E-state index contributed by atoms with van der Waals surface area (Å²) < 4.78 is 10.5. The molecule has 0 aromatic carbocycles.